The third-order valence-corrected chi connectivity index (χ3v) is 8.31. The fourth-order valence-corrected chi connectivity index (χ4v) is 5.89. The minimum Gasteiger partial charge on any atom is -0.490 e. The molecule has 2 aliphatic heterocycles. The van der Waals surface area contributed by atoms with Crippen LogP contribution in [0.4, 0.5) is 10.5 Å². The number of hydrogen-bond acceptors (Lipinski definition) is 7. The lowest BCUT2D eigenvalue weighted by molar-refractivity contribution is -0.136. The van der Waals surface area contributed by atoms with Crippen LogP contribution in [0, 0.1) is 0 Å². The number of nitrogens with zero attached hydrogens (tertiary/aromatic N) is 2. The maximum Gasteiger partial charge on any atom is 0.294 e. The Balaban J connectivity index is 1.26. The molecule has 0 atom stereocenters. The number of fused-ring (bicyclic) bond motifs is 1. The number of carbonyl (C=O) groups excluding carboxylic acids is 4. The summed E-state index contributed by atoms with van der Waals surface area (Å²) in [5.41, 5.74) is 3.51. The molecule has 2 aliphatic rings. The number of anilines is 1. The molecule has 2 heterocycles. The Morgan fingerprint density at radius 1 is 1.00 bits per heavy atom. The highest BCUT2D eigenvalue weighted by molar-refractivity contribution is 9.10. The van der Waals surface area contributed by atoms with Crippen LogP contribution in [0.1, 0.15) is 23.6 Å². The monoisotopic (exact) mass is 649 g/mol. The van der Waals surface area contributed by atoms with Gasteiger partial charge in [-0.15, -0.1) is 0 Å². The minimum absolute atomic E-state index is 0.191. The predicted octanol–water partition coefficient (Wildman–Crippen LogP) is 5.49. The zero-order chi connectivity index (χ0) is 29.6. The van der Waals surface area contributed by atoms with E-state index >= 15 is 0 Å². The first-order valence-electron chi connectivity index (χ1n) is 13.4. The third kappa shape index (κ3) is 6.85. The quantitative estimate of drug-likeness (QED) is 0.306. The third-order valence-electron chi connectivity index (χ3n) is 6.72. The van der Waals surface area contributed by atoms with E-state index in [9.17, 15) is 19.2 Å². The molecule has 5 rings (SSSR count). The highest BCUT2D eigenvalue weighted by Gasteiger charge is 2.37. The molecule has 3 aromatic rings. The molecule has 0 unspecified atom stereocenters. The van der Waals surface area contributed by atoms with Crippen molar-refractivity contribution in [1.82, 2.24) is 9.80 Å². The lowest BCUT2D eigenvalue weighted by Crippen LogP contribution is -2.44. The molecule has 216 valence electrons. The van der Waals surface area contributed by atoms with Gasteiger partial charge < -0.3 is 19.7 Å². The first-order chi connectivity index (χ1) is 20.3. The van der Waals surface area contributed by atoms with Crippen LogP contribution in [0.5, 0.6) is 11.5 Å². The second kappa shape index (κ2) is 13.3. The van der Waals surface area contributed by atoms with Crippen molar-refractivity contribution in [3.63, 3.8) is 0 Å². The summed E-state index contributed by atoms with van der Waals surface area (Å²) in [5, 5.41) is 2.26. The Bertz CT molecular complexity index is 1560. The summed E-state index contributed by atoms with van der Waals surface area (Å²) >= 11 is 4.28. The molecule has 0 radical (unpaired) electrons. The zero-order valence-electron chi connectivity index (χ0n) is 22.8. The van der Waals surface area contributed by atoms with Crippen LogP contribution in [0.3, 0.4) is 0 Å². The van der Waals surface area contributed by atoms with Crippen molar-refractivity contribution in [1.29, 1.82) is 0 Å². The Labute approximate surface area is 256 Å². The van der Waals surface area contributed by atoms with Crippen molar-refractivity contribution in [2.75, 3.05) is 31.6 Å². The SMILES string of the molecule is CCOc1cc(/C=C2\SC(=O)N(CC(=O)N3CCc4ccccc4C3)C2=O)c(Br)cc1OCC(=O)Nc1ccccc1. The number of para-hydroxylation sites is 1. The Morgan fingerprint density at radius 2 is 1.71 bits per heavy atom. The van der Waals surface area contributed by atoms with E-state index in [1.165, 1.54) is 5.56 Å². The summed E-state index contributed by atoms with van der Waals surface area (Å²) < 4.78 is 12.0. The molecule has 9 nitrogen and oxygen atoms in total. The summed E-state index contributed by atoms with van der Waals surface area (Å²) in [6, 6.07) is 20.3. The average Bonchev–Trinajstić information content (AvgIpc) is 3.25. The largest absolute Gasteiger partial charge is 0.490 e. The summed E-state index contributed by atoms with van der Waals surface area (Å²) in [6.45, 7) is 2.60. The normalized spacial score (nSPS) is 15.5. The van der Waals surface area contributed by atoms with Crippen LogP contribution in [0.2, 0.25) is 0 Å². The van der Waals surface area contributed by atoms with E-state index in [4.69, 9.17) is 9.47 Å². The van der Waals surface area contributed by atoms with Gasteiger partial charge in [0.25, 0.3) is 17.1 Å². The summed E-state index contributed by atoms with van der Waals surface area (Å²) in [6.07, 6.45) is 2.31. The van der Waals surface area contributed by atoms with Crippen LogP contribution in [0.15, 0.2) is 76.1 Å². The van der Waals surface area contributed by atoms with Crippen molar-refractivity contribution in [2.45, 2.75) is 19.9 Å². The number of ether oxygens (including phenoxy) is 2. The molecule has 0 aliphatic carbocycles. The van der Waals surface area contributed by atoms with Gasteiger partial charge in [-0.1, -0.05) is 58.4 Å². The lowest BCUT2D eigenvalue weighted by Gasteiger charge is -2.29. The van der Waals surface area contributed by atoms with Crippen LogP contribution < -0.4 is 14.8 Å². The number of hydrogen-bond donors (Lipinski definition) is 1. The number of rotatable bonds is 9. The second-order valence-corrected chi connectivity index (χ2v) is 11.4. The summed E-state index contributed by atoms with van der Waals surface area (Å²) in [7, 11) is 0. The van der Waals surface area contributed by atoms with Gasteiger partial charge in [-0.2, -0.15) is 0 Å². The second-order valence-electron chi connectivity index (χ2n) is 9.56. The van der Waals surface area contributed by atoms with Gasteiger partial charge in [-0.3, -0.25) is 24.1 Å². The van der Waals surface area contributed by atoms with Crippen molar-refractivity contribution < 1.29 is 28.7 Å². The molecular formula is C31H28BrN3O6S. The number of halogens is 1. The van der Waals surface area contributed by atoms with E-state index in [0.717, 1.165) is 28.6 Å². The molecule has 11 heteroatoms. The number of nitrogens with one attached hydrogen (secondary N) is 1. The number of imide groups is 1. The van der Waals surface area contributed by atoms with Gasteiger partial charge in [0.05, 0.1) is 11.5 Å². The van der Waals surface area contributed by atoms with E-state index in [1.807, 2.05) is 43.3 Å². The average molecular weight is 651 g/mol. The van der Waals surface area contributed by atoms with Crippen LogP contribution in [-0.4, -0.2) is 59.1 Å². The molecule has 4 amide bonds. The predicted molar refractivity (Wildman–Crippen MR) is 164 cm³/mol. The number of thioether (sulfide) groups is 1. The van der Waals surface area contributed by atoms with E-state index < -0.39 is 11.1 Å². The highest BCUT2D eigenvalue weighted by atomic mass is 79.9. The van der Waals surface area contributed by atoms with Gasteiger partial charge in [-0.25, -0.2) is 0 Å². The fraction of sp³-hybridized carbons (Fsp3) is 0.226. The molecule has 0 bridgehead atoms. The van der Waals surface area contributed by atoms with Crippen LogP contribution >= 0.6 is 27.7 Å². The van der Waals surface area contributed by atoms with Crippen LogP contribution in [0.25, 0.3) is 6.08 Å². The van der Waals surface area contributed by atoms with E-state index in [1.54, 1.807) is 35.2 Å². The molecule has 3 aromatic carbocycles. The van der Waals surface area contributed by atoms with Crippen molar-refractivity contribution in [2.24, 2.45) is 0 Å². The number of amides is 4. The van der Waals surface area contributed by atoms with Crippen LogP contribution in [-0.2, 0) is 27.3 Å². The number of benzene rings is 3. The van der Waals surface area contributed by atoms with Gasteiger partial charge in [-0.05, 0) is 72.1 Å². The first kappa shape index (κ1) is 29.4. The standard InChI is InChI=1S/C31H28BrN3O6S/c1-2-40-25-14-22(24(32)16-26(25)41-19-28(36)33-23-10-4-3-5-11-23)15-27-30(38)35(31(39)42-27)18-29(37)34-13-12-20-8-6-7-9-21(20)17-34/h3-11,14-16H,2,12-13,17-19H2,1H3,(H,33,36)/b27-15-. The van der Waals surface area contributed by atoms with E-state index in [2.05, 4.69) is 27.3 Å². The first-order valence-corrected chi connectivity index (χ1v) is 15.0. The van der Waals surface area contributed by atoms with Crippen molar-refractivity contribution in [3.8, 4) is 11.5 Å². The van der Waals surface area contributed by atoms with Crippen molar-refractivity contribution >= 4 is 62.4 Å². The van der Waals surface area contributed by atoms with Gasteiger partial charge in [0, 0.05) is 23.2 Å². The van der Waals surface area contributed by atoms with E-state index in [-0.39, 0.29) is 29.9 Å². The molecule has 1 N–H and O–H groups in total. The van der Waals surface area contributed by atoms with Gasteiger partial charge in [0.15, 0.2) is 18.1 Å². The summed E-state index contributed by atoms with van der Waals surface area (Å²) in [4.78, 5) is 54.2. The molecule has 42 heavy (non-hydrogen) atoms. The summed E-state index contributed by atoms with van der Waals surface area (Å²) in [5.74, 6) is -0.421. The molecule has 0 saturated carbocycles. The highest BCUT2D eigenvalue weighted by Crippen LogP contribution is 2.38. The van der Waals surface area contributed by atoms with Gasteiger partial charge in [0.2, 0.25) is 5.91 Å². The molecule has 1 fully saturated rings. The zero-order valence-corrected chi connectivity index (χ0v) is 25.2. The molecular weight excluding hydrogens is 622 g/mol. The minimum atomic E-state index is -0.529. The molecule has 0 aromatic heterocycles. The molecule has 0 spiro atoms. The maximum atomic E-state index is 13.2. The topological polar surface area (TPSA) is 105 Å². The maximum absolute atomic E-state index is 13.2. The van der Waals surface area contributed by atoms with Crippen molar-refractivity contribution in [3.05, 3.63) is 92.8 Å². The Kier molecular flexibility index (Phi) is 9.28. The van der Waals surface area contributed by atoms with E-state index in [0.29, 0.717) is 46.9 Å². The smallest absolute Gasteiger partial charge is 0.294 e. The van der Waals surface area contributed by atoms with Gasteiger partial charge >= 0.3 is 0 Å². The lowest BCUT2D eigenvalue weighted by atomic mass is 10.00. The Hall–Kier alpha value is -4.09. The Morgan fingerprint density at radius 3 is 2.48 bits per heavy atom. The van der Waals surface area contributed by atoms with Gasteiger partial charge in [0.1, 0.15) is 6.54 Å². The number of carbonyl (C=O) groups is 4. The molecule has 1 saturated heterocycles. The fourth-order valence-electron chi connectivity index (χ4n) is 4.63.